The number of carbonyl (C=O) groups is 1. The minimum absolute atomic E-state index is 0.127. The first kappa shape index (κ1) is 15.4. The third kappa shape index (κ3) is 5.83. The Hall–Kier alpha value is -0.610. The summed E-state index contributed by atoms with van der Waals surface area (Å²) in [5, 5.41) is 6.29. The van der Waals surface area contributed by atoms with Crippen molar-refractivity contribution in [3.8, 4) is 0 Å². The molecule has 0 saturated carbocycles. The number of amides is 1. The highest BCUT2D eigenvalue weighted by atomic mass is 16.1. The van der Waals surface area contributed by atoms with Crippen molar-refractivity contribution < 1.29 is 4.79 Å². The summed E-state index contributed by atoms with van der Waals surface area (Å²) in [6, 6.07) is 1.14. The van der Waals surface area contributed by atoms with Crippen molar-refractivity contribution in [2.75, 3.05) is 26.2 Å². The van der Waals surface area contributed by atoms with Crippen LogP contribution in [0.1, 0.15) is 46.5 Å². The zero-order chi connectivity index (χ0) is 13.4. The van der Waals surface area contributed by atoms with E-state index in [9.17, 15) is 4.79 Å². The molecule has 1 fully saturated rings. The number of nitrogens with zero attached hydrogens (tertiary/aromatic N) is 1. The quantitative estimate of drug-likeness (QED) is 0.753. The van der Waals surface area contributed by atoms with Crippen molar-refractivity contribution in [3.63, 3.8) is 0 Å². The number of carbonyl (C=O) groups excluding carboxylic acids is 1. The van der Waals surface area contributed by atoms with Gasteiger partial charge in [0.25, 0.3) is 0 Å². The lowest BCUT2D eigenvalue weighted by Crippen LogP contribution is -2.40. The van der Waals surface area contributed by atoms with Crippen molar-refractivity contribution >= 4 is 5.91 Å². The van der Waals surface area contributed by atoms with Crippen LogP contribution in [0.2, 0.25) is 0 Å². The Labute approximate surface area is 111 Å². The van der Waals surface area contributed by atoms with E-state index < -0.39 is 0 Å². The Morgan fingerprint density at radius 2 is 2.11 bits per heavy atom. The van der Waals surface area contributed by atoms with Crippen LogP contribution in [0, 0.1) is 0 Å². The van der Waals surface area contributed by atoms with Gasteiger partial charge in [0.1, 0.15) is 0 Å². The molecule has 0 bridgehead atoms. The fraction of sp³-hybridized carbons (Fsp3) is 0.929. The van der Waals surface area contributed by atoms with Gasteiger partial charge < -0.3 is 15.5 Å². The van der Waals surface area contributed by atoms with E-state index in [4.69, 9.17) is 0 Å². The van der Waals surface area contributed by atoms with E-state index in [-0.39, 0.29) is 5.91 Å². The second-order valence-electron chi connectivity index (χ2n) is 5.49. The van der Waals surface area contributed by atoms with Gasteiger partial charge in [0.2, 0.25) is 5.91 Å². The van der Waals surface area contributed by atoms with Gasteiger partial charge in [-0.2, -0.15) is 0 Å². The summed E-state index contributed by atoms with van der Waals surface area (Å²) in [6.07, 6.45) is 4.56. The molecule has 4 nitrogen and oxygen atoms in total. The summed E-state index contributed by atoms with van der Waals surface area (Å²) in [7, 11) is 0. The van der Waals surface area contributed by atoms with Crippen molar-refractivity contribution in [1.82, 2.24) is 15.5 Å². The van der Waals surface area contributed by atoms with Gasteiger partial charge >= 0.3 is 0 Å². The fourth-order valence-corrected chi connectivity index (χ4v) is 2.40. The van der Waals surface area contributed by atoms with E-state index in [1.165, 1.54) is 19.4 Å². The van der Waals surface area contributed by atoms with Gasteiger partial charge in [0.05, 0.1) is 6.54 Å². The summed E-state index contributed by atoms with van der Waals surface area (Å²) in [5.41, 5.74) is 0. The molecular weight excluding hydrogens is 226 g/mol. The lowest BCUT2D eigenvalue weighted by atomic mass is 10.1. The van der Waals surface area contributed by atoms with Gasteiger partial charge in [-0.15, -0.1) is 0 Å². The zero-order valence-corrected chi connectivity index (χ0v) is 12.2. The Morgan fingerprint density at radius 1 is 1.33 bits per heavy atom. The predicted molar refractivity (Wildman–Crippen MR) is 75.7 cm³/mol. The molecule has 4 heteroatoms. The summed E-state index contributed by atoms with van der Waals surface area (Å²) >= 11 is 0. The smallest absolute Gasteiger partial charge is 0.233 e. The van der Waals surface area contributed by atoms with Crippen molar-refractivity contribution in [2.24, 2.45) is 0 Å². The number of hydrogen-bond donors (Lipinski definition) is 2. The van der Waals surface area contributed by atoms with E-state index in [0.29, 0.717) is 18.6 Å². The molecule has 1 unspecified atom stereocenters. The van der Waals surface area contributed by atoms with Gasteiger partial charge in [-0.25, -0.2) is 0 Å². The molecule has 1 atom stereocenters. The summed E-state index contributed by atoms with van der Waals surface area (Å²) < 4.78 is 0. The summed E-state index contributed by atoms with van der Waals surface area (Å²) in [5.74, 6) is 0.127. The SMILES string of the molecule is CCCNC(=O)CNC1CCCN(C(C)C)CC1. The highest BCUT2D eigenvalue weighted by Crippen LogP contribution is 2.12. The van der Waals surface area contributed by atoms with E-state index in [1.54, 1.807) is 0 Å². The number of likely N-dealkylation sites (tertiary alicyclic amines) is 1. The van der Waals surface area contributed by atoms with E-state index in [0.717, 1.165) is 25.9 Å². The zero-order valence-electron chi connectivity index (χ0n) is 12.2. The second kappa shape index (κ2) is 8.48. The van der Waals surface area contributed by atoms with E-state index >= 15 is 0 Å². The van der Waals surface area contributed by atoms with Crippen molar-refractivity contribution in [2.45, 2.75) is 58.5 Å². The topological polar surface area (TPSA) is 44.4 Å². The first-order chi connectivity index (χ1) is 8.63. The maximum absolute atomic E-state index is 11.5. The predicted octanol–water partition coefficient (Wildman–Crippen LogP) is 1.37. The molecule has 1 rings (SSSR count). The minimum Gasteiger partial charge on any atom is -0.355 e. The van der Waals surface area contributed by atoms with Crippen LogP contribution in [0.15, 0.2) is 0 Å². The van der Waals surface area contributed by atoms with Gasteiger partial charge in [0, 0.05) is 18.6 Å². The number of hydrogen-bond acceptors (Lipinski definition) is 3. The molecule has 1 aliphatic heterocycles. The molecule has 106 valence electrons. The van der Waals surface area contributed by atoms with Crippen LogP contribution < -0.4 is 10.6 Å². The molecule has 0 spiro atoms. The lowest BCUT2D eigenvalue weighted by Gasteiger charge is -2.24. The Kier molecular flexibility index (Phi) is 7.28. The van der Waals surface area contributed by atoms with Crippen LogP contribution in [-0.4, -0.2) is 49.1 Å². The van der Waals surface area contributed by atoms with Crippen molar-refractivity contribution in [3.05, 3.63) is 0 Å². The molecule has 1 saturated heterocycles. The number of rotatable bonds is 6. The first-order valence-electron chi connectivity index (χ1n) is 7.37. The van der Waals surface area contributed by atoms with E-state index in [2.05, 4.69) is 36.3 Å². The van der Waals surface area contributed by atoms with E-state index in [1.807, 2.05) is 0 Å². The highest BCUT2D eigenvalue weighted by Gasteiger charge is 2.18. The molecule has 0 aromatic heterocycles. The van der Waals surface area contributed by atoms with Gasteiger partial charge in [-0.3, -0.25) is 4.79 Å². The molecule has 18 heavy (non-hydrogen) atoms. The lowest BCUT2D eigenvalue weighted by molar-refractivity contribution is -0.120. The van der Waals surface area contributed by atoms with Crippen LogP contribution in [0.5, 0.6) is 0 Å². The average molecular weight is 255 g/mol. The summed E-state index contributed by atoms with van der Waals surface area (Å²) in [6.45, 7) is 10.2. The molecule has 0 aromatic carbocycles. The average Bonchev–Trinajstić information content (AvgIpc) is 2.59. The first-order valence-corrected chi connectivity index (χ1v) is 7.37. The monoisotopic (exact) mass is 255 g/mol. The van der Waals surface area contributed by atoms with Crippen LogP contribution in [0.25, 0.3) is 0 Å². The Bertz CT molecular complexity index is 243. The second-order valence-corrected chi connectivity index (χ2v) is 5.49. The Balaban J connectivity index is 2.21. The molecule has 0 radical (unpaired) electrons. The summed E-state index contributed by atoms with van der Waals surface area (Å²) in [4.78, 5) is 14.0. The van der Waals surface area contributed by atoms with Crippen LogP contribution in [-0.2, 0) is 4.79 Å². The minimum atomic E-state index is 0.127. The molecule has 1 amide bonds. The molecule has 2 N–H and O–H groups in total. The highest BCUT2D eigenvalue weighted by molar-refractivity contribution is 5.77. The van der Waals surface area contributed by atoms with Crippen LogP contribution in [0.4, 0.5) is 0 Å². The standard InChI is InChI=1S/C14H29N3O/c1-4-8-15-14(18)11-16-13-6-5-9-17(10-7-13)12(2)3/h12-13,16H,4-11H2,1-3H3,(H,15,18). The van der Waals surface area contributed by atoms with Crippen molar-refractivity contribution in [1.29, 1.82) is 0 Å². The largest absolute Gasteiger partial charge is 0.355 e. The van der Waals surface area contributed by atoms with Gasteiger partial charge in [-0.1, -0.05) is 6.92 Å². The maximum atomic E-state index is 11.5. The van der Waals surface area contributed by atoms with Crippen LogP contribution >= 0.6 is 0 Å². The van der Waals surface area contributed by atoms with Crippen LogP contribution in [0.3, 0.4) is 0 Å². The molecular formula is C14H29N3O. The number of nitrogens with one attached hydrogen (secondary N) is 2. The molecule has 1 aliphatic rings. The Morgan fingerprint density at radius 3 is 2.78 bits per heavy atom. The third-order valence-electron chi connectivity index (χ3n) is 3.62. The maximum Gasteiger partial charge on any atom is 0.233 e. The normalized spacial score (nSPS) is 21.9. The fourth-order valence-electron chi connectivity index (χ4n) is 2.40. The molecule has 0 aromatic rings. The molecule has 1 heterocycles. The van der Waals surface area contributed by atoms with Gasteiger partial charge in [0.15, 0.2) is 0 Å². The van der Waals surface area contributed by atoms with Gasteiger partial charge in [-0.05, 0) is 52.6 Å². The molecule has 0 aliphatic carbocycles. The third-order valence-corrected chi connectivity index (χ3v) is 3.62.